The first-order valence-corrected chi connectivity index (χ1v) is 11.2. The van der Waals surface area contributed by atoms with Gasteiger partial charge in [0.2, 0.25) is 5.91 Å². The predicted octanol–water partition coefficient (Wildman–Crippen LogP) is 4.02. The first-order valence-electron chi connectivity index (χ1n) is 10.4. The Morgan fingerprint density at radius 3 is 2.34 bits per heavy atom. The Morgan fingerprint density at radius 1 is 1.07 bits per heavy atom. The Balaban J connectivity index is 1.52. The number of carbonyl (C=O) groups excluding carboxylic acids is 2. The van der Waals surface area contributed by atoms with E-state index in [2.05, 4.69) is 30.1 Å². The smallest absolute Gasteiger partial charge is 0.264 e. The number of nitrogens with zero attached hydrogens (tertiary/aromatic N) is 2. The zero-order valence-corrected chi connectivity index (χ0v) is 18.7. The molecule has 2 amide bonds. The maximum absolute atomic E-state index is 12.9. The van der Waals surface area contributed by atoms with Gasteiger partial charge in [0.05, 0.1) is 11.4 Å². The van der Waals surface area contributed by atoms with Crippen molar-refractivity contribution >= 4 is 28.8 Å². The van der Waals surface area contributed by atoms with Gasteiger partial charge in [-0.2, -0.15) is 0 Å². The zero-order chi connectivity index (χ0) is 21.0. The average molecular weight is 414 g/mol. The van der Waals surface area contributed by atoms with Crippen molar-refractivity contribution < 1.29 is 9.59 Å². The van der Waals surface area contributed by atoms with Crippen molar-refractivity contribution in [2.75, 3.05) is 38.0 Å². The lowest BCUT2D eigenvalue weighted by molar-refractivity contribution is -0.117. The van der Waals surface area contributed by atoms with Gasteiger partial charge < -0.3 is 10.2 Å². The molecule has 6 heteroatoms. The fourth-order valence-corrected chi connectivity index (χ4v) is 4.84. The third-order valence-corrected chi connectivity index (χ3v) is 6.60. The number of nitrogens with one attached hydrogen (secondary N) is 1. The summed E-state index contributed by atoms with van der Waals surface area (Å²) in [6.07, 6.45) is 2.12. The summed E-state index contributed by atoms with van der Waals surface area (Å²) in [5.41, 5.74) is 4.34. The van der Waals surface area contributed by atoms with E-state index >= 15 is 0 Å². The van der Waals surface area contributed by atoms with Crippen LogP contribution in [0.5, 0.6) is 0 Å². The van der Waals surface area contributed by atoms with E-state index in [-0.39, 0.29) is 11.8 Å². The van der Waals surface area contributed by atoms with E-state index in [1.54, 1.807) is 11.3 Å². The molecule has 1 aromatic heterocycles. The van der Waals surface area contributed by atoms with Crippen LogP contribution in [0.3, 0.4) is 0 Å². The van der Waals surface area contributed by atoms with E-state index in [4.69, 9.17) is 0 Å². The Morgan fingerprint density at radius 2 is 1.72 bits per heavy atom. The highest BCUT2D eigenvalue weighted by Crippen LogP contribution is 2.25. The molecule has 29 heavy (non-hydrogen) atoms. The molecule has 1 N–H and O–H groups in total. The molecular weight excluding hydrogens is 382 g/mol. The fraction of sp³-hybridized carbons (Fsp3) is 0.478. The van der Waals surface area contributed by atoms with Crippen molar-refractivity contribution in [3.05, 3.63) is 50.7 Å². The van der Waals surface area contributed by atoms with Gasteiger partial charge in [0.15, 0.2) is 0 Å². The molecule has 0 saturated carbocycles. The van der Waals surface area contributed by atoms with Gasteiger partial charge in [0.1, 0.15) is 0 Å². The molecule has 1 aromatic carbocycles. The van der Waals surface area contributed by atoms with E-state index in [1.807, 2.05) is 36.9 Å². The molecule has 5 nitrogen and oxygen atoms in total. The van der Waals surface area contributed by atoms with E-state index in [0.29, 0.717) is 19.6 Å². The number of piperazine rings is 1. The summed E-state index contributed by atoms with van der Waals surface area (Å²) in [5.74, 6) is 0.125. The first-order chi connectivity index (χ1) is 13.9. The first kappa shape index (κ1) is 21.5. The molecule has 3 rings (SSSR count). The maximum atomic E-state index is 12.9. The molecule has 0 unspecified atom stereocenters. The zero-order valence-electron chi connectivity index (χ0n) is 17.9. The molecule has 0 aliphatic carbocycles. The highest BCUT2D eigenvalue weighted by molar-refractivity contribution is 7.14. The molecule has 0 spiro atoms. The van der Waals surface area contributed by atoms with E-state index in [1.165, 1.54) is 10.4 Å². The van der Waals surface area contributed by atoms with Crippen molar-refractivity contribution in [3.8, 4) is 0 Å². The molecule has 1 aliphatic heterocycles. The molecular formula is C23H31N3O2S. The Kier molecular flexibility index (Phi) is 7.09. The predicted molar refractivity (Wildman–Crippen MR) is 120 cm³/mol. The molecule has 0 bridgehead atoms. The van der Waals surface area contributed by atoms with Crippen molar-refractivity contribution in [1.82, 2.24) is 9.80 Å². The van der Waals surface area contributed by atoms with Gasteiger partial charge in [-0.1, -0.05) is 31.5 Å². The van der Waals surface area contributed by atoms with Crippen LogP contribution >= 0.6 is 11.3 Å². The van der Waals surface area contributed by atoms with Crippen molar-refractivity contribution in [1.29, 1.82) is 0 Å². The van der Waals surface area contributed by atoms with E-state index in [0.717, 1.165) is 47.6 Å². The highest BCUT2D eigenvalue weighted by Gasteiger charge is 2.25. The second kappa shape index (κ2) is 9.55. The molecule has 156 valence electrons. The van der Waals surface area contributed by atoms with Crippen LogP contribution in [0.2, 0.25) is 0 Å². The number of hydrogen-bond acceptors (Lipinski definition) is 4. The molecule has 1 fully saturated rings. The minimum absolute atomic E-state index is 0.000246. The van der Waals surface area contributed by atoms with Crippen LogP contribution in [0.25, 0.3) is 0 Å². The Hall–Kier alpha value is -2.18. The molecule has 2 aromatic rings. The Bertz CT molecular complexity index is 862. The monoisotopic (exact) mass is 413 g/mol. The number of anilines is 1. The van der Waals surface area contributed by atoms with Crippen LogP contribution in [-0.2, 0) is 11.2 Å². The van der Waals surface area contributed by atoms with Gasteiger partial charge in [-0.25, -0.2) is 0 Å². The van der Waals surface area contributed by atoms with Crippen LogP contribution in [0, 0.1) is 20.8 Å². The fourth-order valence-electron chi connectivity index (χ4n) is 3.80. The number of thiophene rings is 1. The van der Waals surface area contributed by atoms with E-state index < -0.39 is 0 Å². The van der Waals surface area contributed by atoms with E-state index in [9.17, 15) is 9.59 Å². The topological polar surface area (TPSA) is 52.7 Å². The maximum Gasteiger partial charge on any atom is 0.264 e. The van der Waals surface area contributed by atoms with Crippen LogP contribution in [0.1, 0.15) is 44.6 Å². The van der Waals surface area contributed by atoms with Crippen LogP contribution in [-0.4, -0.2) is 54.3 Å². The summed E-state index contributed by atoms with van der Waals surface area (Å²) in [6.45, 7) is 11.4. The lowest BCUT2D eigenvalue weighted by atomic mass is 10.1. The molecule has 0 radical (unpaired) electrons. The lowest BCUT2D eigenvalue weighted by Gasteiger charge is -2.34. The largest absolute Gasteiger partial charge is 0.335 e. The summed E-state index contributed by atoms with van der Waals surface area (Å²) in [7, 11) is 0. The van der Waals surface area contributed by atoms with Gasteiger partial charge in [-0.15, -0.1) is 11.3 Å². The number of aryl methyl sites for hydroxylation is 4. The second-order valence-electron chi connectivity index (χ2n) is 7.83. The number of rotatable bonds is 6. The molecule has 2 heterocycles. The number of carbonyl (C=O) groups is 2. The van der Waals surface area contributed by atoms with Gasteiger partial charge in [-0.05, 0) is 49.9 Å². The number of para-hydroxylation sites is 1. The molecule has 1 saturated heterocycles. The summed E-state index contributed by atoms with van der Waals surface area (Å²) >= 11 is 1.60. The minimum atomic E-state index is 0.000246. The normalized spacial score (nSPS) is 14.8. The van der Waals surface area contributed by atoms with Crippen LogP contribution in [0.15, 0.2) is 24.3 Å². The third-order valence-electron chi connectivity index (χ3n) is 5.52. The quantitative estimate of drug-likeness (QED) is 0.778. The van der Waals surface area contributed by atoms with Crippen molar-refractivity contribution in [2.45, 2.75) is 40.5 Å². The summed E-state index contributed by atoms with van der Waals surface area (Å²) < 4.78 is 0. The van der Waals surface area contributed by atoms with Gasteiger partial charge in [0, 0.05) is 36.7 Å². The summed E-state index contributed by atoms with van der Waals surface area (Å²) in [5, 5.41) is 3.05. The third kappa shape index (κ3) is 5.25. The standard InChI is InChI=1S/C23H31N3O2S/c1-5-7-19-14-20(29-18(19)4)23(28)26-12-10-25(11-13-26)15-21(27)24-22-16(2)8-6-9-17(22)3/h6,8-9,14H,5,7,10-13,15H2,1-4H3,(H,24,27). The lowest BCUT2D eigenvalue weighted by Crippen LogP contribution is -2.50. The number of hydrogen-bond donors (Lipinski definition) is 1. The average Bonchev–Trinajstić information content (AvgIpc) is 3.06. The minimum Gasteiger partial charge on any atom is -0.335 e. The van der Waals surface area contributed by atoms with Crippen LogP contribution in [0.4, 0.5) is 5.69 Å². The Labute approximate surface area is 177 Å². The highest BCUT2D eigenvalue weighted by atomic mass is 32.1. The van der Waals surface area contributed by atoms with Crippen molar-refractivity contribution in [3.63, 3.8) is 0 Å². The van der Waals surface area contributed by atoms with Gasteiger partial charge in [0.25, 0.3) is 5.91 Å². The second-order valence-corrected chi connectivity index (χ2v) is 9.08. The van der Waals surface area contributed by atoms with Gasteiger partial charge in [-0.3, -0.25) is 14.5 Å². The van der Waals surface area contributed by atoms with Crippen LogP contribution < -0.4 is 5.32 Å². The number of benzene rings is 1. The van der Waals surface area contributed by atoms with Gasteiger partial charge >= 0.3 is 0 Å². The number of amides is 2. The van der Waals surface area contributed by atoms with Crippen molar-refractivity contribution in [2.24, 2.45) is 0 Å². The SMILES string of the molecule is CCCc1cc(C(=O)N2CCN(CC(=O)Nc3c(C)cccc3C)CC2)sc1C. The molecule has 1 aliphatic rings. The molecule has 0 atom stereocenters. The summed E-state index contributed by atoms with van der Waals surface area (Å²) in [6, 6.07) is 8.07. The summed E-state index contributed by atoms with van der Waals surface area (Å²) in [4.78, 5) is 31.5.